The van der Waals surface area contributed by atoms with E-state index >= 15 is 0 Å². The number of rotatable bonds is 16. The first-order valence-corrected chi connectivity index (χ1v) is 16.0. The molecule has 270 valence electrons. The number of ether oxygens (including phenoxy) is 6. The van der Waals surface area contributed by atoms with E-state index in [9.17, 15) is 50.8 Å². The Kier molecular flexibility index (Phi) is 15.9. The number of hydrogen-bond acceptors (Lipinski definition) is 16. The first kappa shape index (κ1) is 39.3. The Bertz CT molecular complexity index is 903. The van der Waals surface area contributed by atoms with E-state index in [4.69, 9.17) is 28.4 Å². The Hall–Kier alpha value is -1.13. The van der Waals surface area contributed by atoms with Gasteiger partial charge in [-0.15, -0.1) is 0 Å². The number of nitrogens with one attached hydrogen (secondary N) is 1. The van der Waals surface area contributed by atoms with Crippen molar-refractivity contribution in [2.75, 3.05) is 19.8 Å². The van der Waals surface area contributed by atoms with Crippen molar-refractivity contribution in [3.05, 3.63) is 0 Å². The summed E-state index contributed by atoms with van der Waals surface area (Å²) < 4.78 is 34.6. The van der Waals surface area contributed by atoms with Crippen molar-refractivity contribution in [3.63, 3.8) is 0 Å². The van der Waals surface area contributed by atoms with Crippen LogP contribution in [0.15, 0.2) is 0 Å². The number of hydrogen-bond donors (Lipinski definition) is 10. The van der Waals surface area contributed by atoms with E-state index in [0.717, 1.165) is 39.0 Å². The topological polar surface area (TPSA) is 267 Å². The minimum absolute atomic E-state index is 0.231. The van der Waals surface area contributed by atoms with Crippen LogP contribution in [0.5, 0.6) is 0 Å². The van der Waals surface area contributed by atoms with Crippen molar-refractivity contribution < 1.29 is 79.2 Å². The second-order valence-corrected chi connectivity index (χ2v) is 12.2. The van der Waals surface area contributed by atoms with Crippen LogP contribution in [0, 0.1) is 0 Å². The van der Waals surface area contributed by atoms with Crippen LogP contribution < -0.4 is 5.32 Å². The zero-order chi connectivity index (χ0) is 34.1. The fourth-order valence-electron chi connectivity index (χ4n) is 5.82. The third-order valence-corrected chi connectivity index (χ3v) is 8.56. The third-order valence-electron chi connectivity index (χ3n) is 8.56. The highest BCUT2D eigenvalue weighted by atomic mass is 16.8. The van der Waals surface area contributed by atoms with Gasteiger partial charge in [-0.25, -0.2) is 0 Å². The average molecular weight is 672 g/mol. The minimum atomic E-state index is -1.81. The van der Waals surface area contributed by atoms with Gasteiger partial charge in [0.2, 0.25) is 5.91 Å². The van der Waals surface area contributed by atoms with Crippen molar-refractivity contribution in [1.82, 2.24) is 5.32 Å². The van der Waals surface area contributed by atoms with E-state index in [-0.39, 0.29) is 6.61 Å². The van der Waals surface area contributed by atoms with Crippen LogP contribution in [0.4, 0.5) is 0 Å². The number of aliphatic hydroxyl groups excluding tert-OH is 9. The molecule has 0 aromatic heterocycles. The van der Waals surface area contributed by atoms with Gasteiger partial charge in [0.1, 0.15) is 73.2 Å². The quantitative estimate of drug-likeness (QED) is 0.0709. The van der Waals surface area contributed by atoms with Gasteiger partial charge in [0.15, 0.2) is 18.9 Å². The molecule has 0 saturated carbocycles. The smallest absolute Gasteiger partial charge is 0.217 e. The maximum Gasteiger partial charge on any atom is 0.217 e. The number of carbonyl (C=O) groups is 1. The second kappa shape index (κ2) is 18.6. The van der Waals surface area contributed by atoms with Crippen molar-refractivity contribution in [3.8, 4) is 0 Å². The summed E-state index contributed by atoms with van der Waals surface area (Å²) in [5.74, 6) is -0.629. The van der Waals surface area contributed by atoms with Gasteiger partial charge in [0, 0.05) is 13.5 Å². The van der Waals surface area contributed by atoms with Gasteiger partial charge in [0.05, 0.1) is 19.3 Å². The highest BCUT2D eigenvalue weighted by Crippen LogP contribution is 2.32. The highest BCUT2D eigenvalue weighted by molar-refractivity contribution is 5.73. The zero-order valence-corrected chi connectivity index (χ0v) is 26.5. The molecule has 3 aliphatic rings. The molecule has 1 unspecified atom stereocenters. The van der Waals surface area contributed by atoms with E-state index in [1.807, 2.05) is 0 Å². The molecule has 17 heteroatoms. The van der Waals surface area contributed by atoms with E-state index < -0.39 is 117 Å². The lowest BCUT2D eigenvalue weighted by Crippen LogP contribution is -2.68. The lowest BCUT2D eigenvalue weighted by molar-refractivity contribution is -0.372. The molecule has 0 spiro atoms. The predicted molar refractivity (Wildman–Crippen MR) is 155 cm³/mol. The summed E-state index contributed by atoms with van der Waals surface area (Å²) >= 11 is 0. The van der Waals surface area contributed by atoms with E-state index in [1.54, 1.807) is 0 Å². The zero-order valence-electron chi connectivity index (χ0n) is 26.5. The van der Waals surface area contributed by atoms with Crippen molar-refractivity contribution in [2.24, 2.45) is 0 Å². The summed E-state index contributed by atoms with van der Waals surface area (Å²) in [5.41, 5.74) is 0. The molecule has 3 aliphatic heterocycles. The van der Waals surface area contributed by atoms with E-state index in [0.29, 0.717) is 6.42 Å². The van der Waals surface area contributed by atoms with E-state index in [2.05, 4.69) is 12.2 Å². The lowest BCUT2D eigenvalue weighted by atomic mass is 9.95. The molecule has 17 nitrogen and oxygen atoms in total. The van der Waals surface area contributed by atoms with Crippen LogP contribution in [-0.4, -0.2) is 170 Å². The lowest BCUT2D eigenvalue weighted by Gasteiger charge is -2.48. The molecule has 3 saturated heterocycles. The molecule has 0 aliphatic carbocycles. The van der Waals surface area contributed by atoms with Gasteiger partial charge < -0.3 is 79.7 Å². The molecule has 16 atom stereocenters. The first-order valence-electron chi connectivity index (χ1n) is 16.0. The summed E-state index contributed by atoms with van der Waals surface area (Å²) in [5, 5.41) is 96.2. The standard InChI is InChI=1S/C29H53NO16/c1-4-5-6-7-8-9-10-41-28-24(40)21(37)23(39)25(45-28)13(2)42-29-26(22(38)19(35)16(12-32)44-29)46-27-17(30-14(3)33)20(36)18(34)15(11-31)43-27/h13,15-29,31-32,34-40H,4-12H2,1-3H3,(H,30,33)/t13-,15-,16-,17-,18-,19-,20-,21+,22+,23+,24-,25-,26+,27+,28?,29+/m1/s1. The molecule has 46 heavy (non-hydrogen) atoms. The fourth-order valence-corrected chi connectivity index (χ4v) is 5.82. The monoisotopic (exact) mass is 671 g/mol. The Morgan fingerprint density at radius 2 is 1.30 bits per heavy atom. The fraction of sp³-hybridized carbons (Fsp3) is 0.966. The van der Waals surface area contributed by atoms with Gasteiger partial charge >= 0.3 is 0 Å². The summed E-state index contributed by atoms with van der Waals surface area (Å²) in [6.07, 6.45) is -17.1. The largest absolute Gasteiger partial charge is 0.394 e. The van der Waals surface area contributed by atoms with Crippen LogP contribution in [0.2, 0.25) is 0 Å². The molecule has 3 rings (SSSR count). The van der Waals surface area contributed by atoms with Gasteiger partial charge in [-0.2, -0.15) is 0 Å². The highest BCUT2D eigenvalue weighted by Gasteiger charge is 2.53. The van der Waals surface area contributed by atoms with Crippen LogP contribution in [-0.2, 0) is 33.2 Å². The minimum Gasteiger partial charge on any atom is -0.394 e. The number of unbranched alkanes of at least 4 members (excludes halogenated alkanes) is 5. The molecule has 0 radical (unpaired) electrons. The third kappa shape index (κ3) is 9.73. The molecule has 0 aromatic carbocycles. The Morgan fingerprint density at radius 3 is 1.91 bits per heavy atom. The van der Waals surface area contributed by atoms with Crippen LogP contribution in [0.1, 0.15) is 59.3 Å². The molecule has 10 N–H and O–H groups in total. The first-order chi connectivity index (χ1) is 21.9. The molecule has 3 fully saturated rings. The Morgan fingerprint density at radius 1 is 0.717 bits per heavy atom. The van der Waals surface area contributed by atoms with E-state index in [1.165, 1.54) is 6.92 Å². The molecule has 0 aromatic rings. The van der Waals surface area contributed by atoms with Gasteiger partial charge in [0.25, 0.3) is 0 Å². The van der Waals surface area contributed by atoms with Crippen molar-refractivity contribution >= 4 is 5.91 Å². The van der Waals surface area contributed by atoms with Crippen LogP contribution in [0.25, 0.3) is 0 Å². The Balaban J connectivity index is 1.75. The van der Waals surface area contributed by atoms with Gasteiger partial charge in [-0.05, 0) is 13.3 Å². The second-order valence-electron chi connectivity index (χ2n) is 12.2. The predicted octanol–water partition coefficient (Wildman–Crippen LogP) is -3.66. The van der Waals surface area contributed by atoms with Crippen LogP contribution in [0.3, 0.4) is 0 Å². The summed E-state index contributed by atoms with van der Waals surface area (Å²) in [7, 11) is 0. The molecular formula is C29H53NO16. The van der Waals surface area contributed by atoms with Crippen molar-refractivity contribution in [1.29, 1.82) is 0 Å². The molecule has 1 amide bonds. The Labute approximate surface area is 267 Å². The van der Waals surface area contributed by atoms with Gasteiger partial charge in [-0.3, -0.25) is 4.79 Å². The maximum atomic E-state index is 11.9. The molecular weight excluding hydrogens is 618 g/mol. The SMILES string of the molecule is CCCCCCCCOC1O[C@H]([C@@H](C)O[C@H]2O[C@H](CO)[C@@H](O)[C@H](O)[C@@H]2O[C@@H]2O[C@H](CO)[C@@H](O)[C@H](O)[C@H]2NC(C)=O)[C@@H](O)[C@H](O)[C@H]1O. The molecule has 3 heterocycles. The van der Waals surface area contributed by atoms with Gasteiger partial charge in [-0.1, -0.05) is 39.0 Å². The summed E-state index contributed by atoms with van der Waals surface area (Å²) in [6.45, 7) is 3.44. The molecule has 0 bridgehead atoms. The number of carbonyl (C=O) groups excluding carboxylic acids is 1. The number of aliphatic hydroxyl groups is 9. The number of amides is 1. The summed E-state index contributed by atoms with van der Waals surface area (Å²) in [4.78, 5) is 11.9. The average Bonchev–Trinajstić information content (AvgIpc) is 3.02. The summed E-state index contributed by atoms with van der Waals surface area (Å²) in [6, 6.07) is -1.40. The normalized spacial score (nSPS) is 42.5. The van der Waals surface area contributed by atoms with Crippen molar-refractivity contribution in [2.45, 2.75) is 157 Å². The maximum absolute atomic E-state index is 11.9. The van der Waals surface area contributed by atoms with Crippen LogP contribution >= 0.6 is 0 Å².